The van der Waals surface area contributed by atoms with Gasteiger partial charge in [-0.05, 0) is 32.0 Å². The Morgan fingerprint density at radius 1 is 1.23 bits per heavy atom. The molecule has 1 aromatic rings. The van der Waals surface area contributed by atoms with E-state index in [1.54, 1.807) is 0 Å². The van der Waals surface area contributed by atoms with E-state index in [9.17, 15) is 4.79 Å². The molecule has 2 aliphatic rings. The Labute approximate surface area is 132 Å². The number of likely N-dealkylation sites (tertiary alicyclic amines) is 1. The number of nitrogens with zero attached hydrogens (tertiary/aromatic N) is 2. The Kier molecular flexibility index (Phi) is 4.95. The molecule has 0 spiro atoms. The third kappa shape index (κ3) is 3.25. The van der Waals surface area contributed by atoms with E-state index in [0.717, 1.165) is 63.5 Å². The number of morpholine rings is 1. The lowest BCUT2D eigenvalue weighted by Gasteiger charge is -2.35. The summed E-state index contributed by atoms with van der Waals surface area (Å²) >= 11 is 0. The molecular formula is C17H25N3O2. The minimum absolute atomic E-state index is 0.155. The zero-order valence-electron chi connectivity index (χ0n) is 13.3. The van der Waals surface area contributed by atoms with Crippen LogP contribution in [0.25, 0.3) is 0 Å². The number of anilines is 1. The van der Waals surface area contributed by atoms with Gasteiger partial charge in [0.1, 0.15) is 0 Å². The fraction of sp³-hybridized carbons (Fsp3) is 0.588. The van der Waals surface area contributed by atoms with Crippen molar-refractivity contribution in [3.63, 3.8) is 0 Å². The molecule has 120 valence electrons. The lowest BCUT2D eigenvalue weighted by molar-refractivity contribution is 0.0697. The molecule has 2 fully saturated rings. The number of carbonyl (C=O) groups is 1. The van der Waals surface area contributed by atoms with E-state index >= 15 is 0 Å². The third-order valence-corrected chi connectivity index (χ3v) is 4.60. The number of para-hydroxylation sites is 1. The van der Waals surface area contributed by atoms with Crippen molar-refractivity contribution in [3.8, 4) is 0 Å². The maximum absolute atomic E-state index is 13.0. The van der Waals surface area contributed by atoms with Crippen molar-refractivity contribution in [2.24, 2.45) is 0 Å². The number of ether oxygens (including phenoxy) is 1. The lowest BCUT2D eigenvalue weighted by Crippen LogP contribution is -2.47. The molecular weight excluding hydrogens is 278 g/mol. The topological polar surface area (TPSA) is 44.8 Å². The second kappa shape index (κ2) is 7.11. The van der Waals surface area contributed by atoms with Gasteiger partial charge in [0, 0.05) is 37.9 Å². The van der Waals surface area contributed by atoms with Crippen LogP contribution in [0.2, 0.25) is 0 Å². The molecule has 0 radical (unpaired) electrons. The molecule has 0 bridgehead atoms. The van der Waals surface area contributed by atoms with Crippen molar-refractivity contribution in [1.82, 2.24) is 10.2 Å². The SMILES string of the molecule is CNC1CCCN(C(=O)c2ccccc2N2CCOCC2)C1. The highest BCUT2D eigenvalue weighted by molar-refractivity contribution is 6.00. The van der Waals surface area contributed by atoms with Gasteiger partial charge >= 0.3 is 0 Å². The molecule has 1 N–H and O–H groups in total. The summed E-state index contributed by atoms with van der Waals surface area (Å²) in [4.78, 5) is 17.2. The van der Waals surface area contributed by atoms with Gasteiger partial charge in [-0.25, -0.2) is 0 Å². The molecule has 0 aromatic heterocycles. The summed E-state index contributed by atoms with van der Waals surface area (Å²) in [5.74, 6) is 0.155. The first-order valence-corrected chi connectivity index (χ1v) is 8.18. The van der Waals surface area contributed by atoms with Gasteiger partial charge in [-0.2, -0.15) is 0 Å². The van der Waals surface area contributed by atoms with Crippen LogP contribution in [0.4, 0.5) is 5.69 Å². The molecule has 5 heteroatoms. The van der Waals surface area contributed by atoms with Crippen LogP contribution in [0.5, 0.6) is 0 Å². The summed E-state index contributed by atoms with van der Waals surface area (Å²) in [5, 5.41) is 3.30. The molecule has 3 rings (SSSR count). The summed E-state index contributed by atoms with van der Waals surface area (Å²) in [6, 6.07) is 8.38. The molecule has 1 atom stereocenters. The first-order chi connectivity index (χ1) is 10.8. The molecule has 0 saturated carbocycles. The number of likely N-dealkylation sites (N-methyl/N-ethyl adjacent to an activating group) is 1. The van der Waals surface area contributed by atoms with E-state index in [2.05, 4.69) is 16.3 Å². The summed E-state index contributed by atoms with van der Waals surface area (Å²) < 4.78 is 5.42. The zero-order chi connectivity index (χ0) is 15.4. The summed E-state index contributed by atoms with van der Waals surface area (Å²) in [6.45, 7) is 4.82. The van der Waals surface area contributed by atoms with Crippen molar-refractivity contribution in [1.29, 1.82) is 0 Å². The summed E-state index contributed by atoms with van der Waals surface area (Å²) in [5.41, 5.74) is 1.86. The van der Waals surface area contributed by atoms with Gasteiger partial charge in [-0.3, -0.25) is 4.79 Å². The van der Waals surface area contributed by atoms with E-state index in [4.69, 9.17) is 4.74 Å². The second-order valence-electron chi connectivity index (χ2n) is 6.00. The van der Waals surface area contributed by atoms with E-state index in [0.29, 0.717) is 6.04 Å². The Morgan fingerprint density at radius 2 is 2.00 bits per heavy atom. The van der Waals surface area contributed by atoms with Crippen molar-refractivity contribution in [3.05, 3.63) is 29.8 Å². The third-order valence-electron chi connectivity index (χ3n) is 4.60. The fourth-order valence-corrected chi connectivity index (χ4v) is 3.30. The maximum Gasteiger partial charge on any atom is 0.256 e. The number of hydrogen-bond acceptors (Lipinski definition) is 4. The van der Waals surface area contributed by atoms with Crippen molar-refractivity contribution < 1.29 is 9.53 Å². The minimum atomic E-state index is 0.155. The predicted octanol–water partition coefficient (Wildman–Crippen LogP) is 1.35. The van der Waals surface area contributed by atoms with Crippen LogP contribution in [0, 0.1) is 0 Å². The number of benzene rings is 1. The van der Waals surface area contributed by atoms with Gasteiger partial charge in [0.25, 0.3) is 5.91 Å². The standard InChI is InChI=1S/C17H25N3O2/c1-18-14-5-4-8-20(13-14)17(21)15-6-2-3-7-16(15)19-9-11-22-12-10-19/h2-3,6-7,14,18H,4-5,8-13H2,1H3. The Hall–Kier alpha value is -1.59. The van der Waals surface area contributed by atoms with Gasteiger partial charge in [-0.15, -0.1) is 0 Å². The Balaban J connectivity index is 1.80. The molecule has 22 heavy (non-hydrogen) atoms. The number of rotatable bonds is 3. The molecule has 2 heterocycles. The van der Waals surface area contributed by atoms with Crippen molar-refractivity contribution >= 4 is 11.6 Å². The van der Waals surface area contributed by atoms with E-state index in [1.807, 2.05) is 30.1 Å². The second-order valence-corrected chi connectivity index (χ2v) is 6.00. The van der Waals surface area contributed by atoms with E-state index in [-0.39, 0.29) is 5.91 Å². The molecule has 5 nitrogen and oxygen atoms in total. The normalized spacial score (nSPS) is 22.7. The van der Waals surface area contributed by atoms with E-state index in [1.165, 1.54) is 0 Å². The van der Waals surface area contributed by atoms with Gasteiger partial charge in [0.15, 0.2) is 0 Å². The zero-order valence-corrected chi connectivity index (χ0v) is 13.3. The van der Waals surface area contributed by atoms with Gasteiger partial charge in [-0.1, -0.05) is 12.1 Å². The molecule has 2 saturated heterocycles. The maximum atomic E-state index is 13.0. The smallest absolute Gasteiger partial charge is 0.256 e. The number of hydrogen-bond donors (Lipinski definition) is 1. The quantitative estimate of drug-likeness (QED) is 0.915. The van der Waals surface area contributed by atoms with Crippen LogP contribution >= 0.6 is 0 Å². The molecule has 1 unspecified atom stereocenters. The first-order valence-electron chi connectivity index (χ1n) is 8.18. The molecule has 1 aromatic carbocycles. The van der Waals surface area contributed by atoms with Crippen LogP contribution in [-0.4, -0.2) is 63.3 Å². The first kappa shape index (κ1) is 15.3. The van der Waals surface area contributed by atoms with Gasteiger partial charge in [0.2, 0.25) is 0 Å². The highest BCUT2D eigenvalue weighted by atomic mass is 16.5. The number of piperidine rings is 1. The summed E-state index contributed by atoms with van der Waals surface area (Å²) in [7, 11) is 1.97. The van der Waals surface area contributed by atoms with E-state index < -0.39 is 0 Å². The number of carbonyl (C=O) groups excluding carboxylic acids is 1. The van der Waals surface area contributed by atoms with Gasteiger partial charge in [0.05, 0.1) is 18.8 Å². The summed E-state index contributed by atoms with van der Waals surface area (Å²) in [6.07, 6.45) is 2.21. The molecule has 1 amide bonds. The monoisotopic (exact) mass is 303 g/mol. The fourth-order valence-electron chi connectivity index (χ4n) is 3.30. The largest absolute Gasteiger partial charge is 0.378 e. The average Bonchev–Trinajstić information content (AvgIpc) is 2.62. The van der Waals surface area contributed by atoms with Gasteiger partial charge < -0.3 is 19.9 Å². The lowest BCUT2D eigenvalue weighted by atomic mass is 10.0. The molecule has 0 aliphatic carbocycles. The van der Waals surface area contributed by atoms with Crippen molar-refractivity contribution in [2.75, 3.05) is 51.3 Å². The van der Waals surface area contributed by atoms with Crippen LogP contribution in [0.15, 0.2) is 24.3 Å². The van der Waals surface area contributed by atoms with Crippen molar-refractivity contribution in [2.45, 2.75) is 18.9 Å². The number of nitrogens with one attached hydrogen (secondary N) is 1. The Bertz CT molecular complexity index is 514. The highest BCUT2D eigenvalue weighted by Crippen LogP contribution is 2.24. The average molecular weight is 303 g/mol. The minimum Gasteiger partial charge on any atom is -0.378 e. The predicted molar refractivity (Wildman–Crippen MR) is 87.5 cm³/mol. The van der Waals surface area contributed by atoms with Crippen LogP contribution in [0.3, 0.4) is 0 Å². The number of amides is 1. The van der Waals surface area contributed by atoms with Crippen LogP contribution < -0.4 is 10.2 Å². The molecule has 2 aliphatic heterocycles. The highest BCUT2D eigenvalue weighted by Gasteiger charge is 2.26. The van der Waals surface area contributed by atoms with Crippen LogP contribution in [-0.2, 0) is 4.74 Å². The Morgan fingerprint density at radius 3 is 2.77 bits per heavy atom. The van der Waals surface area contributed by atoms with Crippen LogP contribution in [0.1, 0.15) is 23.2 Å².